The van der Waals surface area contributed by atoms with Gasteiger partial charge in [-0.15, -0.1) is 11.3 Å². The SMILES string of the molecule is O=C(NC1CCN(Cc2ccccc2)CC1)c1csc(CN(Cc2ccc(F)cc2)Cc2cccc(Cl)c2)n1. The molecular formula is C31H32ClFN4OS. The van der Waals surface area contributed by atoms with Crippen molar-refractivity contribution in [3.8, 4) is 0 Å². The maximum absolute atomic E-state index is 13.4. The van der Waals surface area contributed by atoms with E-state index in [4.69, 9.17) is 11.6 Å². The van der Waals surface area contributed by atoms with Crippen LogP contribution in [0.25, 0.3) is 0 Å². The Bertz CT molecular complexity index is 1360. The number of likely N-dealkylation sites (tertiary alicyclic amines) is 1. The number of hydrogen-bond acceptors (Lipinski definition) is 5. The highest BCUT2D eigenvalue weighted by Crippen LogP contribution is 2.20. The molecule has 5 rings (SSSR count). The Labute approximate surface area is 238 Å². The maximum Gasteiger partial charge on any atom is 0.270 e. The van der Waals surface area contributed by atoms with E-state index in [1.807, 2.05) is 35.7 Å². The third-order valence-electron chi connectivity index (χ3n) is 6.93. The summed E-state index contributed by atoms with van der Waals surface area (Å²) >= 11 is 7.70. The van der Waals surface area contributed by atoms with E-state index in [1.165, 1.54) is 29.0 Å². The van der Waals surface area contributed by atoms with Crippen LogP contribution >= 0.6 is 22.9 Å². The molecule has 8 heteroatoms. The zero-order valence-electron chi connectivity index (χ0n) is 21.7. The summed E-state index contributed by atoms with van der Waals surface area (Å²) < 4.78 is 13.4. The fourth-order valence-electron chi connectivity index (χ4n) is 4.92. The molecule has 0 radical (unpaired) electrons. The standard InChI is InChI=1S/C31H32ClFN4OS/c32-26-8-4-7-25(17-26)20-37(19-24-9-11-27(33)12-10-24)21-30-35-29(22-39-30)31(38)34-28-13-15-36(16-14-28)18-23-5-2-1-3-6-23/h1-12,17,22,28H,13-16,18-21H2,(H,34,38). The van der Waals surface area contributed by atoms with Crippen LogP contribution in [0, 0.1) is 5.82 Å². The van der Waals surface area contributed by atoms with Crippen LogP contribution in [0.1, 0.15) is 45.0 Å². The van der Waals surface area contributed by atoms with E-state index in [1.54, 1.807) is 12.1 Å². The van der Waals surface area contributed by atoms with Crippen molar-refractivity contribution in [2.24, 2.45) is 0 Å². The lowest BCUT2D eigenvalue weighted by atomic mass is 10.0. The quantitative estimate of drug-likeness (QED) is 0.239. The molecule has 0 bridgehead atoms. The maximum atomic E-state index is 13.4. The Kier molecular flexibility index (Phi) is 9.37. The van der Waals surface area contributed by atoms with Gasteiger partial charge in [0, 0.05) is 49.2 Å². The number of aromatic nitrogens is 1. The second kappa shape index (κ2) is 13.3. The van der Waals surface area contributed by atoms with Gasteiger partial charge in [0.1, 0.15) is 16.5 Å². The first-order valence-corrected chi connectivity index (χ1v) is 14.5. The molecule has 3 aromatic carbocycles. The Morgan fingerprint density at radius 2 is 1.67 bits per heavy atom. The van der Waals surface area contributed by atoms with E-state index in [9.17, 15) is 9.18 Å². The second-order valence-corrected chi connectivity index (χ2v) is 11.4. The van der Waals surface area contributed by atoms with Crippen LogP contribution in [0.3, 0.4) is 0 Å². The molecule has 0 saturated carbocycles. The largest absolute Gasteiger partial charge is 0.348 e. The van der Waals surface area contributed by atoms with Crippen LogP contribution in [0.4, 0.5) is 4.39 Å². The number of benzene rings is 3. The van der Waals surface area contributed by atoms with Gasteiger partial charge in [0.2, 0.25) is 0 Å². The lowest BCUT2D eigenvalue weighted by Crippen LogP contribution is -2.44. The third-order valence-corrected chi connectivity index (χ3v) is 8.00. The van der Waals surface area contributed by atoms with E-state index in [-0.39, 0.29) is 17.8 Å². The summed E-state index contributed by atoms with van der Waals surface area (Å²) in [6.07, 6.45) is 1.86. The summed E-state index contributed by atoms with van der Waals surface area (Å²) in [5.41, 5.74) is 3.87. The zero-order chi connectivity index (χ0) is 27.0. The zero-order valence-corrected chi connectivity index (χ0v) is 23.3. The van der Waals surface area contributed by atoms with Crippen molar-refractivity contribution in [1.29, 1.82) is 0 Å². The first-order chi connectivity index (χ1) is 19.0. The van der Waals surface area contributed by atoms with Crippen molar-refractivity contribution in [2.45, 2.75) is 45.1 Å². The molecule has 1 aliphatic rings. The number of amides is 1. The molecule has 0 aliphatic carbocycles. The molecule has 1 saturated heterocycles. The number of hydrogen-bond donors (Lipinski definition) is 1. The third kappa shape index (κ3) is 8.19. The molecule has 5 nitrogen and oxygen atoms in total. The Hall–Kier alpha value is -3.10. The number of halogens is 2. The number of carbonyl (C=O) groups is 1. The highest BCUT2D eigenvalue weighted by atomic mass is 35.5. The summed E-state index contributed by atoms with van der Waals surface area (Å²) in [6, 6.07) is 25.0. The molecular weight excluding hydrogens is 531 g/mol. The number of nitrogens with zero attached hydrogens (tertiary/aromatic N) is 3. The molecule has 0 unspecified atom stereocenters. The molecule has 0 spiro atoms. The molecule has 202 valence electrons. The summed E-state index contributed by atoms with van der Waals surface area (Å²) in [5, 5.41) is 6.58. The molecule has 1 N–H and O–H groups in total. The van der Waals surface area contributed by atoms with Gasteiger partial charge in [-0.1, -0.05) is 66.2 Å². The average Bonchev–Trinajstić information content (AvgIpc) is 3.40. The minimum Gasteiger partial charge on any atom is -0.348 e. The van der Waals surface area contributed by atoms with Gasteiger partial charge < -0.3 is 5.32 Å². The van der Waals surface area contributed by atoms with Crippen molar-refractivity contribution in [1.82, 2.24) is 20.1 Å². The lowest BCUT2D eigenvalue weighted by Gasteiger charge is -2.32. The van der Waals surface area contributed by atoms with Crippen molar-refractivity contribution in [3.63, 3.8) is 0 Å². The molecule has 0 atom stereocenters. The van der Waals surface area contributed by atoms with Gasteiger partial charge in [0.05, 0.1) is 6.54 Å². The van der Waals surface area contributed by atoms with Gasteiger partial charge >= 0.3 is 0 Å². The minimum atomic E-state index is -0.252. The van der Waals surface area contributed by atoms with E-state index < -0.39 is 0 Å². The van der Waals surface area contributed by atoms with Crippen LogP contribution < -0.4 is 5.32 Å². The predicted molar refractivity (Wildman–Crippen MR) is 155 cm³/mol. The van der Waals surface area contributed by atoms with Crippen LogP contribution in [-0.4, -0.2) is 39.8 Å². The topological polar surface area (TPSA) is 48.5 Å². The minimum absolute atomic E-state index is 0.112. The predicted octanol–water partition coefficient (Wildman–Crippen LogP) is 6.53. The van der Waals surface area contributed by atoms with E-state index in [0.29, 0.717) is 30.4 Å². The monoisotopic (exact) mass is 562 g/mol. The summed E-state index contributed by atoms with van der Waals surface area (Å²) in [6.45, 7) is 4.71. The number of thiazole rings is 1. The smallest absolute Gasteiger partial charge is 0.270 e. The van der Waals surface area contributed by atoms with E-state index >= 15 is 0 Å². The average molecular weight is 563 g/mol. The van der Waals surface area contributed by atoms with Gasteiger partial charge in [0.15, 0.2) is 0 Å². The van der Waals surface area contributed by atoms with Crippen LogP contribution in [0.15, 0.2) is 84.2 Å². The summed E-state index contributed by atoms with van der Waals surface area (Å²) in [5.74, 6) is -0.364. The second-order valence-electron chi connectivity index (χ2n) is 10.0. The van der Waals surface area contributed by atoms with Crippen LogP contribution in [0.2, 0.25) is 5.02 Å². The van der Waals surface area contributed by atoms with Crippen molar-refractivity contribution in [2.75, 3.05) is 13.1 Å². The first kappa shape index (κ1) is 27.5. The van der Waals surface area contributed by atoms with Gasteiger partial charge in [-0.2, -0.15) is 0 Å². The lowest BCUT2D eigenvalue weighted by molar-refractivity contribution is 0.0904. The van der Waals surface area contributed by atoms with E-state index in [2.05, 4.69) is 44.4 Å². The van der Waals surface area contributed by atoms with Crippen molar-refractivity contribution in [3.05, 3.63) is 122 Å². The van der Waals surface area contributed by atoms with Crippen LogP contribution in [0.5, 0.6) is 0 Å². The fourth-order valence-corrected chi connectivity index (χ4v) is 5.95. The highest BCUT2D eigenvalue weighted by Gasteiger charge is 2.22. The Balaban J connectivity index is 1.17. The van der Waals surface area contributed by atoms with E-state index in [0.717, 1.165) is 48.6 Å². The van der Waals surface area contributed by atoms with Crippen molar-refractivity contribution >= 4 is 28.8 Å². The molecule has 1 amide bonds. The van der Waals surface area contributed by atoms with Gasteiger partial charge in [-0.05, 0) is 53.8 Å². The first-order valence-electron chi connectivity index (χ1n) is 13.2. The normalized spacial score (nSPS) is 14.5. The number of nitrogens with one attached hydrogen (secondary N) is 1. The molecule has 1 aliphatic heterocycles. The van der Waals surface area contributed by atoms with Gasteiger partial charge in [-0.25, -0.2) is 9.37 Å². The number of piperidine rings is 1. The van der Waals surface area contributed by atoms with Gasteiger partial charge in [0.25, 0.3) is 5.91 Å². The molecule has 2 heterocycles. The molecule has 4 aromatic rings. The Morgan fingerprint density at radius 1 is 0.949 bits per heavy atom. The summed E-state index contributed by atoms with van der Waals surface area (Å²) in [4.78, 5) is 22.3. The highest BCUT2D eigenvalue weighted by molar-refractivity contribution is 7.09. The number of carbonyl (C=O) groups excluding carboxylic acids is 1. The molecule has 1 fully saturated rings. The summed E-state index contributed by atoms with van der Waals surface area (Å²) in [7, 11) is 0. The van der Waals surface area contributed by atoms with Gasteiger partial charge in [-0.3, -0.25) is 14.6 Å². The van der Waals surface area contributed by atoms with Crippen molar-refractivity contribution < 1.29 is 9.18 Å². The number of rotatable bonds is 10. The molecule has 39 heavy (non-hydrogen) atoms. The Morgan fingerprint density at radius 3 is 2.41 bits per heavy atom. The molecule has 1 aromatic heterocycles. The van der Waals surface area contributed by atoms with Crippen LogP contribution in [-0.2, 0) is 26.2 Å². The fraction of sp³-hybridized carbons (Fsp3) is 0.290.